The van der Waals surface area contributed by atoms with E-state index in [1.807, 2.05) is 0 Å². The van der Waals surface area contributed by atoms with E-state index >= 15 is 0 Å². The van der Waals surface area contributed by atoms with Crippen LogP contribution in [0.5, 0.6) is 11.5 Å². The first-order chi connectivity index (χ1) is 15.4. The van der Waals surface area contributed by atoms with Crippen LogP contribution in [0.3, 0.4) is 0 Å². The average Bonchev–Trinajstić information content (AvgIpc) is 3.63. The van der Waals surface area contributed by atoms with Crippen LogP contribution in [0.2, 0.25) is 0 Å². The zero-order valence-corrected chi connectivity index (χ0v) is 18.2. The molecule has 0 heterocycles. The maximum absolute atomic E-state index is 13.6. The summed E-state index contributed by atoms with van der Waals surface area (Å²) in [5, 5.41) is 0. The lowest BCUT2D eigenvalue weighted by molar-refractivity contribution is 0.0729. The molecule has 4 rings (SSSR count). The second-order valence-corrected chi connectivity index (χ2v) is 9.04. The van der Waals surface area contributed by atoms with E-state index in [1.54, 1.807) is 35.2 Å². The number of carbonyl (C=O) groups is 1. The van der Waals surface area contributed by atoms with Crippen LogP contribution in [0.25, 0.3) is 0 Å². The molecule has 1 saturated carbocycles. The molecule has 0 aliphatic heterocycles. The summed E-state index contributed by atoms with van der Waals surface area (Å²) in [7, 11) is -2.59. The van der Waals surface area contributed by atoms with Gasteiger partial charge in [-0.25, -0.2) is 4.39 Å². The summed E-state index contributed by atoms with van der Waals surface area (Å²) in [4.78, 5) is 14.7. The van der Waals surface area contributed by atoms with Crippen molar-refractivity contribution in [1.82, 2.24) is 4.90 Å². The summed E-state index contributed by atoms with van der Waals surface area (Å²) >= 11 is 0. The molecule has 1 aliphatic carbocycles. The van der Waals surface area contributed by atoms with Gasteiger partial charge in [0.15, 0.2) is 0 Å². The highest BCUT2D eigenvalue weighted by atomic mass is 32.2. The second-order valence-electron chi connectivity index (χ2n) is 7.50. The smallest absolute Gasteiger partial charge is 0.339 e. The first-order valence-corrected chi connectivity index (χ1v) is 11.5. The number of halogens is 1. The molecule has 3 aromatic rings. The van der Waals surface area contributed by atoms with Crippen LogP contribution in [0.4, 0.5) is 4.39 Å². The fourth-order valence-corrected chi connectivity index (χ4v) is 4.31. The van der Waals surface area contributed by atoms with E-state index in [9.17, 15) is 17.6 Å². The van der Waals surface area contributed by atoms with Gasteiger partial charge < -0.3 is 13.8 Å². The summed E-state index contributed by atoms with van der Waals surface area (Å²) in [6, 6.07) is 18.1. The molecule has 0 atom stereocenters. The number of methoxy groups -OCH3 is 1. The predicted molar refractivity (Wildman–Crippen MR) is 117 cm³/mol. The molecule has 3 aromatic carbocycles. The molecule has 166 valence electrons. The molecule has 32 heavy (non-hydrogen) atoms. The fourth-order valence-electron chi connectivity index (χ4n) is 3.35. The quantitative estimate of drug-likeness (QED) is 0.471. The number of rotatable bonds is 8. The molecule has 0 unspecified atom stereocenters. The van der Waals surface area contributed by atoms with Crippen LogP contribution < -0.4 is 8.92 Å². The minimum atomic E-state index is -4.09. The molecule has 1 amide bonds. The highest BCUT2D eigenvalue weighted by molar-refractivity contribution is 7.87. The van der Waals surface area contributed by atoms with E-state index in [0.29, 0.717) is 11.3 Å². The molecule has 0 aromatic heterocycles. The molecule has 0 saturated heterocycles. The van der Waals surface area contributed by atoms with Gasteiger partial charge in [-0.3, -0.25) is 4.79 Å². The van der Waals surface area contributed by atoms with E-state index in [4.69, 9.17) is 8.92 Å². The van der Waals surface area contributed by atoms with Crippen LogP contribution in [0.15, 0.2) is 77.7 Å². The van der Waals surface area contributed by atoms with E-state index in [1.165, 1.54) is 49.6 Å². The molecule has 1 fully saturated rings. The van der Waals surface area contributed by atoms with Gasteiger partial charge in [-0.1, -0.05) is 24.3 Å². The largest absolute Gasteiger partial charge is 0.497 e. The maximum atomic E-state index is 13.6. The molecule has 8 heteroatoms. The first kappa shape index (κ1) is 21.8. The fraction of sp³-hybridized carbons (Fsp3) is 0.208. The predicted octanol–water partition coefficient (Wildman–Crippen LogP) is 4.41. The van der Waals surface area contributed by atoms with Crippen LogP contribution in [-0.2, 0) is 16.7 Å². The maximum Gasteiger partial charge on any atom is 0.339 e. The highest BCUT2D eigenvalue weighted by Gasteiger charge is 2.34. The number of amides is 1. The Labute approximate surface area is 186 Å². The standard InChI is InChI=1S/C24H22FNO5S/c1-30-21-11-13-22(14-12-21)32(28,29)31-23-8-3-2-5-18(23)16-26(20-9-10-20)24(27)17-6-4-7-19(25)15-17/h2-8,11-15,20H,9-10,16H2,1H3. The van der Waals surface area contributed by atoms with Gasteiger partial charge in [0, 0.05) is 23.7 Å². The number of benzene rings is 3. The lowest BCUT2D eigenvalue weighted by Gasteiger charge is -2.24. The average molecular weight is 456 g/mol. The Balaban J connectivity index is 1.59. The van der Waals surface area contributed by atoms with Gasteiger partial charge in [0.05, 0.1) is 7.11 Å². The van der Waals surface area contributed by atoms with Crippen molar-refractivity contribution < 1.29 is 26.5 Å². The molecule has 0 N–H and O–H groups in total. The lowest BCUT2D eigenvalue weighted by Crippen LogP contribution is -2.33. The Hall–Kier alpha value is -3.39. The van der Waals surface area contributed by atoms with Crippen molar-refractivity contribution in [2.75, 3.05) is 7.11 Å². The van der Waals surface area contributed by atoms with Crippen LogP contribution in [0, 0.1) is 5.82 Å². The Morgan fingerprint density at radius 3 is 2.41 bits per heavy atom. The summed E-state index contributed by atoms with van der Waals surface area (Å²) in [5.41, 5.74) is 0.794. The van der Waals surface area contributed by atoms with Gasteiger partial charge in [0.1, 0.15) is 22.2 Å². The Kier molecular flexibility index (Phi) is 6.14. The number of hydrogen-bond acceptors (Lipinski definition) is 5. The number of para-hydroxylation sites is 1. The first-order valence-electron chi connectivity index (χ1n) is 10.1. The summed E-state index contributed by atoms with van der Waals surface area (Å²) in [5.74, 6) is -0.123. The number of carbonyl (C=O) groups excluding carboxylic acids is 1. The Bertz CT molecular complexity index is 1220. The molecule has 0 bridgehead atoms. The van der Waals surface area contributed by atoms with Gasteiger partial charge in [0.2, 0.25) is 0 Å². The third kappa shape index (κ3) is 4.91. The van der Waals surface area contributed by atoms with Crippen molar-refractivity contribution in [3.05, 3.63) is 89.7 Å². The zero-order valence-electron chi connectivity index (χ0n) is 17.4. The van der Waals surface area contributed by atoms with E-state index in [2.05, 4.69) is 0 Å². The van der Waals surface area contributed by atoms with Gasteiger partial charge in [-0.05, 0) is 61.4 Å². The molecule has 6 nitrogen and oxygen atoms in total. The van der Waals surface area contributed by atoms with Crippen molar-refractivity contribution in [1.29, 1.82) is 0 Å². The monoisotopic (exact) mass is 455 g/mol. The number of nitrogens with zero attached hydrogens (tertiary/aromatic N) is 1. The third-order valence-corrected chi connectivity index (χ3v) is 6.43. The molecule has 0 radical (unpaired) electrons. The van der Waals surface area contributed by atoms with E-state index < -0.39 is 15.9 Å². The van der Waals surface area contributed by atoms with Gasteiger partial charge in [-0.2, -0.15) is 8.42 Å². The van der Waals surface area contributed by atoms with Gasteiger partial charge >= 0.3 is 10.1 Å². The number of hydrogen-bond donors (Lipinski definition) is 0. The SMILES string of the molecule is COc1ccc(S(=O)(=O)Oc2ccccc2CN(C(=O)c2cccc(F)c2)C2CC2)cc1. The van der Waals surface area contributed by atoms with E-state index in [-0.39, 0.29) is 34.7 Å². The van der Waals surface area contributed by atoms with Crippen molar-refractivity contribution in [2.24, 2.45) is 0 Å². The topological polar surface area (TPSA) is 72.9 Å². The van der Waals surface area contributed by atoms with Crippen LogP contribution >= 0.6 is 0 Å². The third-order valence-electron chi connectivity index (χ3n) is 5.18. The van der Waals surface area contributed by atoms with Crippen molar-refractivity contribution in [2.45, 2.75) is 30.3 Å². The van der Waals surface area contributed by atoms with Crippen molar-refractivity contribution in [3.8, 4) is 11.5 Å². The normalized spacial score (nSPS) is 13.4. The van der Waals surface area contributed by atoms with Crippen LogP contribution in [-0.4, -0.2) is 32.4 Å². The minimum absolute atomic E-state index is 0.0111. The highest BCUT2D eigenvalue weighted by Crippen LogP contribution is 2.32. The summed E-state index contributed by atoms with van der Waals surface area (Å²) in [6.45, 7) is 0.147. The summed E-state index contributed by atoms with van der Waals surface area (Å²) in [6.07, 6.45) is 1.68. The Morgan fingerprint density at radius 1 is 1.03 bits per heavy atom. The van der Waals surface area contributed by atoms with Gasteiger partial charge in [-0.15, -0.1) is 0 Å². The number of ether oxygens (including phenoxy) is 1. The molecular formula is C24H22FNO5S. The van der Waals surface area contributed by atoms with Gasteiger partial charge in [0.25, 0.3) is 5.91 Å². The molecular weight excluding hydrogens is 433 g/mol. The van der Waals surface area contributed by atoms with Crippen LogP contribution in [0.1, 0.15) is 28.8 Å². The summed E-state index contributed by atoms with van der Waals surface area (Å²) < 4.78 is 49.7. The molecule has 1 aliphatic rings. The van der Waals surface area contributed by atoms with Crippen molar-refractivity contribution in [3.63, 3.8) is 0 Å². The lowest BCUT2D eigenvalue weighted by atomic mass is 10.1. The minimum Gasteiger partial charge on any atom is -0.497 e. The molecule has 0 spiro atoms. The Morgan fingerprint density at radius 2 is 1.75 bits per heavy atom. The van der Waals surface area contributed by atoms with E-state index in [0.717, 1.165) is 12.8 Å². The second kappa shape index (κ2) is 9.00. The zero-order chi connectivity index (χ0) is 22.7. The van der Waals surface area contributed by atoms with Crippen molar-refractivity contribution >= 4 is 16.0 Å².